The number of rotatable bonds is 6. The zero-order valence-corrected chi connectivity index (χ0v) is 16.8. The van der Waals surface area contributed by atoms with Gasteiger partial charge in [0, 0.05) is 31.6 Å². The summed E-state index contributed by atoms with van der Waals surface area (Å²) < 4.78 is 5.92. The zero-order chi connectivity index (χ0) is 19.4. The molecule has 27 heavy (non-hydrogen) atoms. The van der Waals surface area contributed by atoms with Crippen molar-refractivity contribution in [1.29, 1.82) is 0 Å². The Morgan fingerprint density at radius 2 is 2.07 bits per heavy atom. The minimum atomic E-state index is 0.0692. The fourth-order valence-corrected chi connectivity index (χ4v) is 4.25. The largest absolute Gasteiger partial charge is 0.493 e. The summed E-state index contributed by atoms with van der Waals surface area (Å²) in [4.78, 5) is 26.1. The normalized spacial score (nSPS) is 23.1. The minimum absolute atomic E-state index is 0.0692. The summed E-state index contributed by atoms with van der Waals surface area (Å²) in [6.45, 7) is 4.85. The van der Waals surface area contributed by atoms with E-state index in [1.165, 1.54) is 19.3 Å². The van der Waals surface area contributed by atoms with Gasteiger partial charge in [-0.15, -0.1) is 0 Å². The van der Waals surface area contributed by atoms with E-state index in [-0.39, 0.29) is 17.7 Å². The number of benzene rings is 1. The van der Waals surface area contributed by atoms with Crippen LogP contribution in [0.25, 0.3) is 0 Å². The number of ether oxygens (including phenoxy) is 1. The quantitative estimate of drug-likeness (QED) is 0.821. The Bertz CT molecular complexity index is 688. The molecule has 1 fully saturated rings. The van der Waals surface area contributed by atoms with Gasteiger partial charge in [0.05, 0.1) is 6.61 Å². The molecule has 1 aliphatic carbocycles. The Morgan fingerprint density at radius 3 is 2.85 bits per heavy atom. The molecule has 3 unspecified atom stereocenters. The van der Waals surface area contributed by atoms with E-state index in [1.54, 1.807) is 0 Å². The molecule has 3 rings (SSSR count). The Morgan fingerprint density at radius 1 is 1.30 bits per heavy atom. The van der Waals surface area contributed by atoms with Crippen LogP contribution >= 0.6 is 0 Å². The van der Waals surface area contributed by atoms with Crippen LogP contribution in [0.1, 0.15) is 57.9 Å². The number of aryl methyl sites for hydroxylation is 1. The summed E-state index contributed by atoms with van der Waals surface area (Å²) in [6, 6.07) is 6.17. The molecule has 3 atom stereocenters. The molecule has 2 amide bonds. The van der Waals surface area contributed by atoms with Gasteiger partial charge >= 0.3 is 0 Å². The third kappa shape index (κ3) is 5.02. The average molecular weight is 373 g/mol. The van der Waals surface area contributed by atoms with Crippen molar-refractivity contribution in [2.24, 2.45) is 11.8 Å². The summed E-state index contributed by atoms with van der Waals surface area (Å²) >= 11 is 0. The summed E-state index contributed by atoms with van der Waals surface area (Å²) in [7, 11) is 1.96. The van der Waals surface area contributed by atoms with Crippen LogP contribution in [0.4, 0.5) is 5.69 Å². The van der Waals surface area contributed by atoms with Gasteiger partial charge in [0.15, 0.2) is 0 Å². The van der Waals surface area contributed by atoms with E-state index in [2.05, 4.69) is 19.2 Å². The van der Waals surface area contributed by atoms with E-state index in [9.17, 15) is 9.59 Å². The van der Waals surface area contributed by atoms with Crippen LogP contribution in [0.15, 0.2) is 18.2 Å². The van der Waals surface area contributed by atoms with E-state index < -0.39 is 0 Å². The SMILES string of the molecule is CC(COc1ccc2c(c1)CCC(=O)N2)CC(=O)N(C)C1CCCCC1C. The molecule has 0 radical (unpaired) electrons. The lowest BCUT2D eigenvalue weighted by molar-refractivity contribution is -0.134. The third-order valence-corrected chi connectivity index (χ3v) is 5.99. The van der Waals surface area contributed by atoms with Gasteiger partial charge in [-0.1, -0.05) is 26.7 Å². The number of hydrogen-bond acceptors (Lipinski definition) is 3. The maximum atomic E-state index is 12.7. The number of carbonyl (C=O) groups excluding carboxylic acids is 2. The van der Waals surface area contributed by atoms with Gasteiger partial charge in [0.2, 0.25) is 11.8 Å². The van der Waals surface area contributed by atoms with Crippen molar-refractivity contribution in [2.75, 3.05) is 19.0 Å². The second kappa shape index (κ2) is 8.77. The molecule has 148 valence electrons. The predicted octanol–water partition coefficient (Wildman–Crippen LogP) is 4.01. The van der Waals surface area contributed by atoms with Gasteiger partial charge in [-0.25, -0.2) is 0 Å². The first-order valence-electron chi connectivity index (χ1n) is 10.2. The highest BCUT2D eigenvalue weighted by molar-refractivity contribution is 5.94. The van der Waals surface area contributed by atoms with Crippen LogP contribution in [0.2, 0.25) is 0 Å². The van der Waals surface area contributed by atoms with Crippen LogP contribution < -0.4 is 10.1 Å². The molecule has 1 saturated carbocycles. The van der Waals surface area contributed by atoms with E-state index >= 15 is 0 Å². The Hall–Kier alpha value is -2.04. The molecule has 0 bridgehead atoms. The molecule has 0 aromatic heterocycles. The first-order chi connectivity index (χ1) is 12.9. The van der Waals surface area contributed by atoms with Crippen molar-refractivity contribution in [3.05, 3.63) is 23.8 Å². The van der Waals surface area contributed by atoms with Crippen LogP contribution in [0.3, 0.4) is 0 Å². The Labute approximate surface area is 162 Å². The molecular formula is C22H32N2O3. The Kier molecular flexibility index (Phi) is 6.40. The molecule has 1 heterocycles. The van der Waals surface area contributed by atoms with Crippen molar-refractivity contribution in [2.45, 2.75) is 64.8 Å². The molecular weight excluding hydrogens is 340 g/mol. The van der Waals surface area contributed by atoms with Crippen molar-refractivity contribution >= 4 is 17.5 Å². The van der Waals surface area contributed by atoms with Crippen LogP contribution in [-0.2, 0) is 16.0 Å². The minimum Gasteiger partial charge on any atom is -0.493 e. The molecule has 1 aliphatic heterocycles. The second-order valence-electron chi connectivity index (χ2n) is 8.32. The number of nitrogens with one attached hydrogen (secondary N) is 1. The molecule has 0 spiro atoms. The summed E-state index contributed by atoms with van der Waals surface area (Å²) in [5.74, 6) is 1.85. The number of fused-ring (bicyclic) bond motifs is 1. The zero-order valence-electron chi connectivity index (χ0n) is 16.8. The van der Waals surface area contributed by atoms with Crippen LogP contribution in [0.5, 0.6) is 5.75 Å². The first-order valence-corrected chi connectivity index (χ1v) is 10.2. The number of hydrogen-bond donors (Lipinski definition) is 1. The number of anilines is 1. The fraction of sp³-hybridized carbons (Fsp3) is 0.636. The lowest BCUT2D eigenvalue weighted by atomic mass is 9.85. The number of amides is 2. The molecule has 0 saturated heterocycles. The molecule has 1 aromatic rings. The monoisotopic (exact) mass is 372 g/mol. The van der Waals surface area contributed by atoms with E-state index in [0.717, 1.165) is 29.8 Å². The Balaban J connectivity index is 1.48. The summed E-state index contributed by atoms with van der Waals surface area (Å²) in [5.41, 5.74) is 1.99. The van der Waals surface area contributed by atoms with Crippen LogP contribution in [-0.4, -0.2) is 36.4 Å². The maximum Gasteiger partial charge on any atom is 0.224 e. The lowest BCUT2D eigenvalue weighted by Gasteiger charge is -2.36. The topological polar surface area (TPSA) is 58.6 Å². The third-order valence-electron chi connectivity index (χ3n) is 5.99. The maximum absolute atomic E-state index is 12.7. The second-order valence-corrected chi connectivity index (χ2v) is 8.32. The van der Waals surface area contributed by atoms with Gasteiger partial charge in [-0.2, -0.15) is 0 Å². The summed E-state index contributed by atoms with van der Waals surface area (Å²) in [5, 5.41) is 2.88. The highest BCUT2D eigenvalue weighted by Crippen LogP contribution is 2.29. The van der Waals surface area contributed by atoms with E-state index in [4.69, 9.17) is 4.74 Å². The van der Waals surface area contributed by atoms with E-state index in [1.807, 2.05) is 30.1 Å². The highest BCUT2D eigenvalue weighted by Gasteiger charge is 2.28. The first kappa shape index (κ1) is 19.7. The lowest BCUT2D eigenvalue weighted by Crippen LogP contribution is -2.43. The molecule has 5 heteroatoms. The standard InChI is InChI=1S/C22H32N2O3/c1-15(12-22(26)24(3)20-7-5-4-6-16(20)2)14-27-18-9-10-19-17(13-18)8-11-21(25)23-19/h9-10,13,15-16,20H,4-8,11-12,14H2,1-3H3,(H,23,25). The van der Waals surface area contributed by atoms with Gasteiger partial charge < -0.3 is 15.0 Å². The molecule has 1 aromatic carbocycles. The fourth-order valence-electron chi connectivity index (χ4n) is 4.25. The van der Waals surface area contributed by atoms with E-state index in [0.29, 0.717) is 31.4 Å². The number of carbonyl (C=O) groups is 2. The molecule has 1 N–H and O–H groups in total. The van der Waals surface area contributed by atoms with Crippen molar-refractivity contribution in [3.63, 3.8) is 0 Å². The molecule has 5 nitrogen and oxygen atoms in total. The van der Waals surface area contributed by atoms with Gasteiger partial charge in [-0.05, 0) is 54.9 Å². The highest BCUT2D eigenvalue weighted by atomic mass is 16.5. The van der Waals surface area contributed by atoms with Crippen molar-refractivity contribution in [1.82, 2.24) is 4.90 Å². The predicted molar refractivity (Wildman–Crippen MR) is 107 cm³/mol. The number of nitrogens with zero attached hydrogens (tertiary/aromatic N) is 1. The van der Waals surface area contributed by atoms with Gasteiger partial charge in [0.1, 0.15) is 5.75 Å². The van der Waals surface area contributed by atoms with Crippen LogP contribution in [0, 0.1) is 11.8 Å². The van der Waals surface area contributed by atoms with Crippen molar-refractivity contribution < 1.29 is 14.3 Å². The molecule has 2 aliphatic rings. The van der Waals surface area contributed by atoms with Gasteiger partial charge in [-0.3, -0.25) is 9.59 Å². The van der Waals surface area contributed by atoms with Crippen molar-refractivity contribution in [3.8, 4) is 5.75 Å². The summed E-state index contributed by atoms with van der Waals surface area (Å²) in [6.07, 6.45) is 6.64. The smallest absolute Gasteiger partial charge is 0.224 e. The van der Waals surface area contributed by atoms with Gasteiger partial charge in [0.25, 0.3) is 0 Å². The average Bonchev–Trinajstić information content (AvgIpc) is 2.66.